The standard InChI is InChI=1S/C24H35N2O11P/c1-23(2,3)35-22(31)26-17(21(29)30)13-15-7-9-16(10-8-15)36-38(32)34-14-24(4,5)19(37-38)20(28)25-12-11-18(27)33-6/h7-10,17,19H,11-14H2,1-6H3,(H,25,28)(H,26,31)(H,29,30)/t17?,19-,38+/m0/s1. The number of ether oxygens (including phenoxy) is 2. The van der Waals surface area contributed by atoms with Crippen molar-refractivity contribution in [1.29, 1.82) is 0 Å². The van der Waals surface area contributed by atoms with Crippen molar-refractivity contribution >= 4 is 31.8 Å². The molecule has 1 aliphatic heterocycles. The summed E-state index contributed by atoms with van der Waals surface area (Å²) in [5.41, 5.74) is -1.10. The van der Waals surface area contributed by atoms with Gasteiger partial charge in [0.25, 0.3) is 5.91 Å². The molecule has 1 unspecified atom stereocenters. The Balaban J connectivity index is 2.03. The Hall–Kier alpha value is -3.15. The van der Waals surface area contributed by atoms with E-state index in [1.54, 1.807) is 34.6 Å². The number of nitrogens with one attached hydrogen (secondary N) is 2. The zero-order valence-electron chi connectivity index (χ0n) is 22.3. The summed E-state index contributed by atoms with van der Waals surface area (Å²) in [4.78, 5) is 47.5. The molecule has 0 spiro atoms. The first-order chi connectivity index (χ1) is 17.5. The highest BCUT2D eigenvalue weighted by Gasteiger charge is 2.50. The Kier molecular flexibility index (Phi) is 10.3. The topological polar surface area (TPSA) is 176 Å². The van der Waals surface area contributed by atoms with E-state index in [0.29, 0.717) is 5.56 Å². The summed E-state index contributed by atoms with van der Waals surface area (Å²) in [5, 5.41) is 14.3. The summed E-state index contributed by atoms with van der Waals surface area (Å²) in [6.45, 7) is 8.27. The van der Waals surface area contributed by atoms with Crippen LogP contribution in [0.2, 0.25) is 0 Å². The second-order valence-electron chi connectivity index (χ2n) is 10.3. The van der Waals surface area contributed by atoms with Crippen LogP contribution in [0.5, 0.6) is 5.75 Å². The molecule has 212 valence electrons. The number of aliphatic carboxylic acids is 1. The minimum Gasteiger partial charge on any atom is -0.480 e. The van der Waals surface area contributed by atoms with Gasteiger partial charge in [-0.25, -0.2) is 14.2 Å². The lowest BCUT2D eigenvalue weighted by molar-refractivity contribution is -0.142. The summed E-state index contributed by atoms with van der Waals surface area (Å²) in [6.07, 6.45) is -2.14. The molecule has 0 aliphatic carbocycles. The minimum atomic E-state index is -4.20. The average Bonchev–Trinajstić information content (AvgIpc) is 2.80. The molecule has 0 bridgehead atoms. The number of phosphoric acid groups is 1. The summed E-state index contributed by atoms with van der Waals surface area (Å²) in [5.74, 6) is -2.24. The summed E-state index contributed by atoms with van der Waals surface area (Å²) in [7, 11) is -2.96. The first kappa shape index (κ1) is 31.1. The predicted molar refractivity (Wildman–Crippen MR) is 133 cm³/mol. The van der Waals surface area contributed by atoms with Crippen LogP contribution in [0.25, 0.3) is 0 Å². The zero-order valence-corrected chi connectivity index (χ0v) is 23.2. The number of carbonyl (C=O) groups is 4. The van der Waals surface area contributed by atoms with Gasteiger partial charge in [-0.15, -0.1) is 0 Å². The number of rotatable bonds is 10. The monoisotopic (exact) mass is 558 g/mol. The lowest BCUT2D eigenvalue weighted by Crippen LogP contribution is -2.50. The van der Waals surface area contributed by atoms with Crippen molar-refractivity contribution in [1.82, 2.24) is 10.6 Å². The molecule has 2 rings (SSSR count). The van der Waals surface area contributed by atoms with E-state index in [1.165, 1.54) is 31.4 Å². The smallest absolute Gasteiger partial charge is 0.480 e. The van der Waals surface area contributed by atoms with Crippen molar-refractivity contribution in [3.63, 3.8) is 0 Å². The molecule has 3 N–H and O–H groups in total. The van der Waals surface area contributed by atoms with Crippen LogP contribution in [-0.4, -0.2) is 67.1 Å². The fraction of sp³-hybridized carbons (Fsp3) is 0.583. The molecule has 0 aromatic heterocycles. The highest BCUT2D eigenvalue weighted by atomic mass is 31.2. The van der Waals surface area contributed by atoms with E-state index >= 15 is 0 Å². The van der Waals surface area contributed by atoms with Gasteiger partial charge in [-0.2, -0.15) is 0 Å². The van der Waals surface area contributed by atoms with Crippen LogP contribution in [0.3, 0.4) is 0 Å². The van der Waals surface area contributed by atoms with E-state index in [2.05, 4.69) is 15.4 Å². The van der Waals surface area contributed by atoms with E-state index in [4.69, 9.17) is 18.3 Å². The number of amides is 2. The molecule has 1 aromatic rings. The number of carboxylic acid groups (broad SMARTS) is 1. The molecule has 14 heteroatoms. The Bertz CT molecular complexity index is 1070. The SMILES string of the molecule is COC(=O)CCNC(=O)[C@@H]1O[P@@](=O)(Oc2ccc(CC(NC(=O)OC(C)(C)C)C(=O)O)cc2)OCC1(C)C. The van der Waals surface area contributed by atoms with E-state index < -0.39 is 54.9 Å². The molecule has 38 heavy (non-hydrogen) atoms. The number of methoxy groups -OCH3 is 1. The lowest BCUT2D eigenvalue weighted by atomic mass is 9.87. The van der Waals surface area contributed by atoms with Gasteiger partial charge in [0.1, 0.15) is 17.4 Å². The summed E-state index contributed by atoms with van der Waals surface area (Å²) >= 11 is 0. The van der Waals surface area contributed by atoms with Crippen molar-refractivity contribution in [3.05, 3.63) is 29.8 Å². The number of alkyl carbamates (subject to hydrolysis) is 1. The predicted octanol–water partition coefficient (Wildman–Crippen LogP) is 2.81. The van der Waals surface area contributed by atoms with Crippen LogP contribution in [0, 0.1) is 5.41 Å². The van der Waals surface area contributed by atoms with Gasteiger partial charge < -0.3 is 29.7 Å². The van der Waals surface area contributed by atoms with Gasteiger partial charge in [0.15, 0.2) is 6.10 Å². The van der Waals surface area contributed by atoms with E-state index in [-0.39, 0.29) is 31.7 Å². The van der Waals surface area contributed by atoms with Crippen molar-refractivity contribution in [2.24, 2.45) is 5.41 Å². The number of phosphoric ester groups is 1. The fourth-order valence-electron chi connectivity index (χ4n) is 3.26. The average molecular weight is 559 g/mol. The van der Waals surface area contributed by atoms with Gasteiger partial charge in [-0.1, -0.05) is 26.0 Å². The van der Waals surface area contributed by atoms with Crippen LogP contribution < -0.4 is 15.2 Å². The number of carbonyl (C=O) groups excluding carboxylic acids is 3. The highest BCUT2D eigenvalue weighted by Crippen LogP contribution is 2.56. The normalized spacial score (nSPS) is 21.5. The molecule has 0 radical (unpaired) electrons. The van der Waals surface area contributed by atoms with Crippen molar-refractivity contribution in [2.75, 3.05) is 20.3 Å². The molecule has 0 saturated carbocycles. The third kappa shape index (κ3) is 9.62. The summed E-state index contributed by atoms with van der Waals surface area (Å²) < 4.78 is 39.1. The fourth-order valence-corrected chi connectivity index (χ4v) is 4.92. The van der Waals surface area contributed by atoms with Gasteiger partial charge in [-0.05, 0) is 38.5 Å². The van der Waals surface area contributed by atoms with Crippen molar-refractivity contribution in [3.8, 4) is 5.75 Å². The third-order valence-electron chi connectivity index (χ3n) is 5.20. The molecule has 3 atom stereocenters. The van der Waals surface area contributed by atoms with Crippen LogP contribution in [0.1, 0.15) is 46.6 Å². The number of carboxylic acids is 1. The first-order valence-corrected chi connectivity index (χ1v) is 13.3. The summed E-state index contributed by atoms with van der Waals surface area (Å²) in [6, 6.07) is 4.66. The van der Waals surface area contributed by atoms with Gasteiger partial charge in [-0.3, -0.25) is 18.6 Å². The van der Waals surface area contributed by atoms with Crippen LogP contribution in [0.4, 0.5) is 4.79 Å². The molecule has 1 fully saturated rings. The Morgan fingerprint density at radius 3 is 2.37 bits per heavy atom. The molecular formula is C24H35N2O11P. The molecule has 1 aromatic carbocycles. The van der Waals surface area contributed by atoms with Gasteiger partial charge in [0.2, 0.25) is 0 Å². The van der Waals surface area contributed by atoms with Crippen LogP contribution >= 0.6 is 7.82 Å². The Labute approximate surface area is 221 Å². The largest absolute Gasteiger partial charge is 0.530 e. The van der Waals surface area contributed by atoms with E-state index in [0.717, 1.165) is 0 Å². The van der Waals surface area contributed by atoms with Crippen LogP contribution in [-0.2, 0) is 43.9 Å². The maximum Gasteiger partial charge on any atom is 0.530 e. The quantitative estimate of drug-likeness (QED) is 0.284. The second kappa shape index (κ2) is 12.6. The highest BCUT2D eigenvalue weighted by molar-refractivity contribution is 7.49. The van der Waals surface area contributed by atoms with Gasteiger partial charge >= 0.3 is 25.9 Å². The molecule has 13 nitrogen and oxygen atoms in total. The van der Waals surface area contributed by atoms with Crippen molar-refractivity contribution < 1.29 is 51.9 Å². The molecule has 1 saturated heterocycles. The minimum absolute atomic E-state index is 0.00897. The van der Waals surface area contributed by atoms with Gasteiger partial charge in [0.05, 0.1) is 20.1 Å². The molecule has 1 aliphatic rings. The molecular weight excluding hydrogens is 523 g/mol. The maximum atomic E-state index is 13.2. The van der Waals surface area contributed by atoms with Crippen molar-refractivity contribution in [2.45, 2.75) is 65.2 Å². The number of benzene rings is 1. The first-order valence-electron chi connectivity index (χ1n) is 11.8. The second-order valence-corrected chi connectivity index (χ2v) is 11.8. The van der Waals surface area contributed by atoms with E-state index in [1.807, 2.05) is 0 Å². The maximum absolute atomic E-state index is 13.2. The Morgan fingerprint density at radius 2 is 1.82 bits per heavy atom. The van der Waals surface area contributed by atoms with Crippen LogP contribution in [0.15, 0.2) is 24.3 Å². The number of hydrogen-bond donors (Lipinski definition) is 3. The van der Waals surface area contributed by atoms with Gasteiger partial charge in [0, 0.05) is 18.4 Å². The van der Waals surface area contributed by atoms with E-state index in [9.17, 15) is 28.8 Å². The Morgan fingerprint density at radius 1 is 1.18 bits per heavy atom. The molecule has 1 heterocycles. The zero-order chi connectivity index (χ0) is 28.7. The number of esters is 1. The lowest BCUT2D eigenvalue weighted by Gasteiger charge is -2.39. The number of hydrogen-bond acceptors (Lipinski definition) is 10. The molecule has 2 amide bonds. The third-order valence-corrected chi connectivity index (χ3v) is 6.55.